The second-order valence-corrected chi connectivity index (χ2v) is 8.27. The molecule has 176 valence electrons. The maximum Gasteiger partial charge on any atom is 0.224 e. The van der Waals surface area contributed by atoms with Gasteiger partial charge in [-0.15, -0.1) is 24.0 Å². The van der Waals surface area contributed by atoms with Crippen molar-refractivity contribution in [1.82, 2.24) is 24.5 Å². The number of piperazine rings is 1. The number of hydrogen-bond acceptors (Lipinski definition) is 6. The highest BCUT2D eigenvalue weighted by Crippen LogP contribution is 2.19. The Bertz CT molecular complexity index is 853. The standard InChI is InChI=1S/C22H33N7OS.HI/c1-4-19-25-22(31-26-19)29-15-13-28(14-16-29)21(23-5-2)24-12-11-20(30)27(3)17-18-9-7-6-8-10-18;/h6-10H,4-5,11-17H2,1-3H3,(H,23,24);1H. The van der Waals surface area contributed by atoms with Crippen LogP contribution in [0.1, 0.15) is 31.7 Å². The van der Waals surface area contributed by atoms with Crippen molar-refractivity contribution in [2.24, 2.45) is 4.99 Å². The van der Waals surface area contributed by atoms with Crippen molar-refractivity contribution in [3.63, 3.8) is 0 Å². The summed E-state index contributed by atoms with van der Waals surface area (Å²) >= 11 is 1.48. The zero-order valence-corrected chi connectivity index (χ0v) is 22.3. The van der Waals surface area contributed by atoms with E-state index in [9.17, 15) is 4.79 Å². The molecule has 0 radical (unpaired) electrons. The molecule has 32 heavy (non-hydrogen) atoms. The lowest BCUT2D eigenvalue weighted by atomic mass is 10.2. The van der Waals surface area contributed by atoms with E-state index in [1.54, 1.807) is 4.90 Å². The van der Waals surface area contributed by atoms with Gasteiger partial charge in [-0.3, -0.25) is 9.79 Å². The number of nitrogens with one attached hydrogen (secondary N) is 1. The lowest BCUT2D eigenvalue weighted by Crippen LogP contribution is -2.52. The molecule has 0 saturated carbocycles. The van der Waals surface area contributed by atoms with Gasteiger partial charge in [0.2, 0.25) is 11.0 Å². The summed E-state index contributed by atoms with van der Waals surface area (Å²) in [7, 11) is 1.85. The maximum absolute atomic E-state index is 12.5. The molecule has 0 atom stereocenters. The fourth-order valence-corrected chi connectivity index (χ4v) is 4.25. The lowest BCUT2D eigenvalue weighted by Gasteiger charge is -2.36. The van der Waals surface area contributed by atoms with Gasteiger partial charge in [0.25, 0.3) is 0 Å². The second-order valence-electron chi connectivity index (χ2n) is 7.54. The molecule has 0 aliphatic carbocycles. The number of anilines is 1. The van der Waals surface area contributed by atoms with E-state index in [1.807, 2.05) is 37.4 Å². The van der Waals surface area contributed by atoms with Gasteiger partial charge < -0.3 is 20.0 Å². The molecule has 1 fully saturated rings. The quantitative estimate of drug-likeness (QED) is 0.299. The van der Waals surface area contributed by atoms with Crippen LogP contribution in [0.4, 0.5) is 5.13 Å². The molecule has 10 heteroatoms. The number of benzene rings is 1. The fourth-order valence-electron chi connectivity index (χ4n) is 3.45. The average Bonchev–Trinajstić information content (AvgIpc) is 3.28. The molecule has 1 saturated heterocycles. The van der Waals surface area contributed by atoms with Crippen molar-refractivity contribution < 1.29 is 4.79 Å². The average molecular weight is 572 g/mol. The van der Waals surface area contributed by atoms with Crippen molar-refractivity contribution in [2.45, 2.75) is 33.2 Å². The highest BCUT2D eigenvalue weighted by atomic mass is 127. The van der Waals surface area contributed by atoms with E-state index in [0.29, 0.717) is 19.5 Å². The van der Waals surface area contributed by atoms with Crippen molar-refractivity contribution >= 4 is 52.5 Å². The Kier molecular flexibility index (Phi) is 11.1. The van der Waals surface area contributed by atoms with E-state index in [4.69, 9.17) is 4.99 Å². The Morgan fingerprint density at radius 3 is 2.53 bits per heavy atom. The predicted octanol–water partition coefficient (Wildman–Crippen LogP) is 2.85. The third kappa shape index (κ3) is 7.58. The van der Waals surface area contributed by atoms with Gasteiger partial charge in [-0.25, -0.2) is 4.98 Å². The molecule has 1 amide bonds. The first-order valence-electron chi connectivity index (χ1n) is 11.0. The monoisotopic (exact) mass is 571 g/mol. The summed E-state index contributed by atoms with van der Waals surface area (Å²) in [5.41, 5.74) is 1.13. The zero-order valence-electron chi connectivity index (χ0n) is 19.2. The number of aryl methyl sites for hydroxylation is 1. The Balaban J connectivity index is 0.00000363. The molecule has 1 aromatic heterocycles. The van der Waals surface area contributed by atoms with E-state index in [2.05, 4.69) is 38.3 Å². The molecular weight excluding hydrogens is 537 g/mol. The molecule has 0 unspecified atom stereocenters. The summed E-state index contributed by atoms with van der Waals surface area (Å²) in [4.78, 5) is 28.1. The molecule has 0 bridgehead atoms. The number of hydrogen-bond donors (Lipinski definition) is 1. The number of carbonyl (C=O) groups excluding carboxylic acids is 1. The van der Waals surface area contributed by atoms with Gasteiger partial charge in [0, 0.05) is 70.7 Å². The van der Waals surface area contributed by atoms with Gasteiger partial charge in [0.1, 0.15) is 5.82 Å². The topological polar surface area (TPSA) is 77.0 Å². The molecule has 2 aromatic rings. The number of amides is 1. The van der Waals surface area contributed by atoms with E-state index in [0.717, 1.165) is 61.6 Å². The van der Waals surface area contributed by atoms with E-state index in [-0.39, 0.29) is 29.9 Å². The van der Waals surface area contributed by atoms with Crippen LogP contribution in [0.15, 0.2) is 35.3 Å². The van der Waals surface area contributed by atoms with Crippen LogP contribution < -0.4 is 10.2 Å². The van der Waals surface area contributed by atoms with Gasteiger partial charge in [-0.1, -0.05) is 37.3 Å². The summed E-state index contributed by atoms with van der Waals surface area (Å²) in [5.74, 6) is 1.91. The van der Waals surface area contributed by atoms with Crippen LogP contribution in [0.2, 0.25) is 0 Å². The molecule has 0 spiro atoms. The summed E-state index contributed by atoms with van der Waals surface area (Å²) < 4.78 is 4.39. The number of guanidine groups is 1. The van der Waals surface area contributed by atoms with Crippen LogP contribution >= 0.6 is 35.5 Å². The van der Waals surface area contributed by atoms with Crippen molar-refractivity contribution in [1.29, 1.82) is 0 Å². The molecule has 8 nitrogen and oxygen atoms in total. The predicted molar refractivity (Wildman–Crippen MR) is 142 cm³/mol. The minimum absolute atomic E-state index is 0. The maximum atomic E-state index is 12.5. The smallest absolute Gasteiger partial charge is 0.224 e. The Morgan fingerprint density at radius 1 is 1.19 bits per heavy atom. The number of aromatic nitrogens is 2. The fraction of sp³-hybridized carbons (Fsp3) is 0.545. The highest BCUT2D eigenvalue weighted by Gasteiger charge is 2.22. The molecule has 1 aliphatic heterocycles. The summed E-state index contributed by atoms with van der Waals surface area (Å²) in [6.45, 7) is 9.57. The molecule has 1 N–H and O–H groups in total. The molecular formula is C22H34IN7OS. The van der Waals surface area contributed by atoms with Crippen LogP contribution in [0.5, 0.6) is 0 Å². The Morgan fingerprint density at radius 2 is 1.91 bits per heavy atom. The Labute approximate surface area is 212 Å². The van der Waals surface area contributed by atoms with Gasteiger partial charge in [0.05, 0.1) is 6.54 Å². The van der Waals surface area contributed by atoms with E-state index >= 15 is 0 Å². The highest BCUT2D eigenvalue weighted by molar-refractivity contribution is 14.0. The largest absolute Gasteiger partial charge is 0.357 e. The normalized spacial score (nSPS) is 14.2. The van der Waals surface area contributed by atoms with Gasteiger partial charge in [0.15, 0.2) is 5.96 Å². The number of rotatable bonds is 8. The summed E-state index contributed by atoms with van der Waals surface area (Å²) in [6, 6.07) is 10.0. The lowest BCUT2D eigenvalue weighted by molar-refractivity contribution is -0.130. The third-order valence-electron chi connectivity index (χ3n) is 5.23. The first kappa shape index (κ1) is 26.3. The first-order valence-corrected chi connectivity index (χ1v) is 11.8. The number of halogens is 1. The van der Waals surface area contributed by atoms with Crippen LogP contribution in [-0.4, -0.2) is 77.3 Å². The van der Waals surface area contributed by atoms with Gasteiger partial charge in [-0.2, -0.15) is 4.37 Å². The third-order valence-corrected chi connectivity index (χ3v) is 6.05. The molecule has 1 aromatic carbocycles. The van der Waals surface area contributed by atoms with Crippen molar-refractivity contribution in [3.8, 4) is 0 Å². The van der Waals surface area contributed by atoms with Crippen LogP contribution in [0, 0.1) is 0 Å². The van der Waals surface area contributed by atoms with Crippen molar-refractivity contribution in [2.75, 3.05) is 51.2 Å². The summed E-state index contributed by atoms with van der Waals surface area (Å²) in [5, 5.41) is 4.38. The zero-order chi connectivity index (χ0) is 22.1. The van der Waals surface area contributed by atoms with Crippen LogP contribution in [0.3, 0.4) is 0 Å². The molecule has 2 heterocycles. The minimum Gasteiger partial charge on any atom is -0.357 e. The molecule has 1 aliphatic rings. The van der Waals surface area contributed by atoms with E-state index < -0.39 is 0 Å². The number of carbonyl (C=O) groups is 1. The minimum atomic E-state index is 0. The van der Waals surface area contributed by atoms with Crippen LogP contribution in [-0.2, 0) is 17.8 Å². The van der Waals surface area contributed by atoms with E-state index in [1.165, 1.54) is 11.5 Å². The Hall–Kier alpha value is -1.95. The SMILES string of the molecule is CCNC(=NCCC(=O)N(C)Cc1ccccc1)N1CCN(c2nc(CC)ns2)CC1.I. The number of aliphatic imine (C=N–C) groups is 1. The first-order chi connectivity index (χ1) is 15.1. The number of nitrogens with zero attached hydrogens (tertiary/aromatic N) is 6. The van der Waals surface area contributed by atoms with Gasteiger partial charge in [-0.05, 0) is 12.5 Å². The summed E-state index contributed by atoms with van der Waals surface area (Å²) in [6.07, 6.45) is 1.27. The van der Waals surface area contributed by atoms with Crippen LogP contribution in [0.25, 0.3) is 0 Å². The van der Waals surface area contributed by atoms with Crippen molar-refractivity contribution in [3.05, 3.63) is 41.7 Å². The second kappa shape index (κ2) is 13.6. The van der Waals surface area contributed by atoms with Gasteiger partial charge >= 0.3 is 0 Å². The molecule has 3 rings (SSSR count).